The lowest BCUT2D eigenvalue weighted by atomic mass is 10.1. The molecule has 2 aromatic rings. The molecule has 1 aromatic heterocycles. The highest BCUT2D eigenvalue weighted by Crippen LogP contribution is 2.21. The number of amides is 1. The summed E-state index contributed by atoms with van der Waals surface area (Å²) in [6.45, 7) is 3.79. The number of nitrogens with two attached hydrogens (primary N) is 1. The van der Waals surface area contributed by atoms with Crippen LogP contribution >= 0.6 is 0 Å². The van der Waals surface area contributed by atoms with Crippen molar-refractivity contribution in [2.45, 2.75) is 19.9 Å². The van der Waals surface area contributed by atoms with Crippen LogP contribution in [0.3, 0.4) is 0 Å². The van der Waals surface area contributed by atoms with E-state index in [9.17, 15) is 4.79 Å². The Labute approximate surface area is 100 Å². The molecule has 4 heteroatoms. The molecule has 0 radical (unpaired) electrons. The van der Waals surface area contributed by atoms with Gasteiger partial charge in [0, 0.05) is 18.0 Å². The molecule has 0 bridgehead atoms. The molecule has 0 aliphatic rings. The van der Waals surface area contributed by atoms with Crippen molar-refractivity contribution in [3.63, 3.8) is 0 Å². The second-order valence-electron chi connectivity index (χ2n) is 4.11. The summed E-state index contributed by atoms with van der Waals surface area (Å²) in [4.78, 5) is 15.5. The van der Waals surface area contributed by atoms with Crippen LogP contribution < -0.4 is 5.73 Å². The molecule has 0 aliphatic heterocycles. The van der Waals surface area contributed by atoms with E-state index >= 15 is 0 Å². The normalized spacial score (nSPS) is 12.4. The van der Waals surface area contributed by atoms with Crippen molar-refractivity contribution >= 4 is 5.91 Å². The fraction of sp³-hybridized carbons (Fsp3) is 0.231. The van der Waals surface area contributed by atoms with Gasteiger partial charge in [-0.05, 0) is 19.9 Å². The summed E-state index contributed by atoms with van der Waals surface area (Å²) in [5.41, 5.74) is 7.46. The third-order valence-corrected chi connectivity index (χ3v) is 2.77. The van der Waals surface area contributed by atoms with Gasteiger partial charge in [-0.25, -0.2) is 4.98 Å². The van der Waals surface area contributed by atoms with Gasteiger partial charge in [0.25, 0.3) is 0 Å². The van der Waals surface area contributed by atoms with Crippen LogP contribution in [0.15, 0.2) is 36.7 Å². The van der Waals surface area contributed by atoms with Crippen LogP contribution in [0.2, 0.25) is 0 Å². The van der Waals surface area contributed by atoms with Crippen molar-refractivity contribution in [1.29, 1.82) is 0 Å². The van der Waals surface area contributed by atoms with Gasteiger partial charge in [0.15, 0.2) is 0 Å². The van der Waals surface area contributed by atoms with Gasteiger partial charge < -0.3 is 10.3 Å². The molecule has 0 fully saturated rings. The van der Waals surface area contributed by atoms with Crippen LogP contribution in [0, 0.1) is 6.92 Å². The molecule has 0 spiro atoms. The Balaban J connectivity index is 2.47. The first kappa shape index (κ1) is 11.4. The van der Waals surface area contributed by atoms with E-state index in [1.54, 1.807) is 23.9 Å². The molecule has 0 saturated heterocycles. The van der Waals surface area contributed by atoms with Crippen molar-refractivity contribution in [2.24, 2.45) is 5.73 Å². The van der Waals surface area contributed by atoms with Crippen molar-refractivity contribution < 1.29 is 4.79 Å². The predicted molar refractivity (Wildman–Crippen MR) is 66.3 cm³/mol. The molecule has 0 aliphatic carbocycles. The third-order valence-electron chi connectivity index (χ3n) is 2.77. The largest absolute Gasteiger partial charge is 0.368 e. The highest BCUT2D eigenvalue weighted by atomic mass is 16.1. The maximum atomic E-state index is 11.2. The molecule has 88 valence electrons. The predicted octanol–water partition coefficient (Wildman–Crippen LogP) is 1.90. The molecule has 1 atom stereocenters. The van der Waals surface area contributed by atoms with Gasteiger partial charge in [-0.3, -0.25) is 4.79 Å². The quantitative estimate of drug-likeness (QED) is 0.873. The van der Waals surface area contributed by atoms with E-state index in [0.29, 0.717) is 0 Å². The van der Waals surface area contributed by atoms with Gasteiger partial charge >= 0.3 is 0 Å². The van der Waals surface area contributed by atoms with Crippen LogP contribution in [-0.2, 0) is 4.79 Å². The second kappa shape index (κ2) is 4.41. The highest BCUT2D eigenvalue weighted by molar-refractivity contribution is 5.78. The Kier molecular flexibility index (Phi) is 2.95. The van der Waals surface area contributed by atoms with Crippen LogP contribution in [-0.4, -0.2) is 15.5 Å². The number of carbonyl (C=O) groups excluding carboxylic acids is 1. The van der Waals surface area contributed by atoms with Crippen LogP contribution in [0.25, 0.3) is 11.4 Å². The minimum Gasteiger partial charge on any atom is -0.368 e. The summed E-state index contributed by atoms with van der Waals surface area (Å²) >= 11 is 0. The van der Waals surface area contributed by atoms with Gasteiger partial charge in [0.2, 0.25) is 5.91 Å². The van der Waals surface area contributed by atoms with Gasteiger partial charge in [-0.15, -0.1) is 0 Å². The average molecular weight is 229 g/mol. The van der Waals surface area contributed by atoms with Gasteiger partial charge in [0.05, 0.1) is 0 Å². The number of carbonyl (C=O) groups is 1. The molecule has 0 saturated carbocycles. The lowest BCUT2D eigenvalue weighted by Crippen LogP contribution is -2.24. The lowest BCUT2D eigenvalue weighted by molar-refractivity contribution is -0.120. The maximum Gasteiger partial charge on any atom is 0.240 e. The zero-order valence-corrected chi connectivity index (χ0v) is 9.92. The summed E-state index contributed by atoms with van der Waals surface area (Å²) in [5.74, 6) is 0.400. The summed E-state index contributed by atoms with van der Waals surface area (Å²) in [6.07, 6.45) is 3.45. The molecule has 1 aromatic carbocycles. The third kappa shape index (κ3) is 2.20. The number of aryl methyl sites for hydroxylation is 1. The van der Waals surface area contributed by atoms with E-state index in [-0.39, 0.29) is 5.91 Å². The van der Waals surface area contributed by atoms with Crippen molar-refractivity contribution in [2.75, 3.05) is 0 Å². The van der Waals surface area contributed by atoms with Crippen molar-refractivity contribution in [1.82, 2.24) is 9.55 Å². The van der Waals surface area contributed by atoms with Crippen LogP contribution in [0.4, 0.5) is 0 Å². The Morgan fingerprint density at radius 1 is 1.47 bits per heavy atom. The van der Waals surface area contributed by atoms with Crippen molar-refractivity contribution in [3.8, 4) is 11.4 Å². The van der Waals surface area contributed by atoms with Crippen molar-refractivity contribution in [3.05, 3.63) is 42.2 Å². The van der Waals surface area contributed by atoms with Gasteiger partial charge in [0.1, 0.15) is 11.9 Å². The summed E-state index contributed by atoms with van der Waals surface area (Å²) < 4.78 is 1.79. The Hall–Kier alpha value is -2.10. The molecule has 2 N–H and O–H groups in total. The molecule has 1 heterocycles. The zero-order chi connectivity index (χ0) is 12.4. The molecule has 1 amide bonds. The van der Waals surface area contributed by atoms with E-state index in [0.717, 1.165) is 17.0 Å². The average Bonchev–Trinajstić information content (AvgIpc) is 2.76. The minimum absolute atomic E-state index is 0.364. The SMILES string of the molecule is Cc1cccc(-c2nccn2C(C)C(N)=O)c1. The van der Waals surface area contributed by atoms with E-state index in [1.807, 2.05) is 31.2 Å². The van der Waals surface area contributed by atoms with Gasteiger partial charge in [-0.2, -0.15) is 0 Å². The number of hydrogen-bond acceptors (Lipinski definition) is 2. The van der Waals surface area contributed by atoms with E-state index in [1.165, 1.54) is 0 Å². The first-order valence-electron chi connectivity index (χ1n) is 5.49. The summed E-state index contributed by atoms with van der Waals surface area (Å²) in [6, 6.07) is 7.60. The van der Waals surface area contributed by atoms with E-state index < -0.39 is 6.04 Å². The molecule has 1 unspecified atom stereocenters. The fourth-order valence-electron chi connectivity index (χ4n) is 1.77. The molecule has 2 rings (SSSR count). The smallest absolute Gasteiger partial charge is 0.240 e. The first-order chi connectivity index (χ1) is 8.09. The molecular formula is C13H15N3O. The number of aromatic nitrogens is 2. The standard InChI is InChI=1S/C13H15N3O/c1-9-4-3-5-11(8-9)13-15-6-7-16(13)10(2)12(14)17/h3-8,10H,1-2H3,(H2,14,17). The van der Waals surface area contributed by atoms with Crippen LogP contribution in [0.5, 0.6) is 0 Å². The fourth-order valence-corrected chi connectivity index (χ4v) is 1.77. The molecule has 4 nitrogen and oxygen atoms in total. The number of hydrogen-bond donors (Lipinski definition) is 1. The monoisotopic (exact) mass is 229 g/mol. The maximum absolute atomic E-state index is 11.2. The number of rotatable bonds is 3. The number of benzene rings is 1. The van der Waals surface area contributed by atoms with Crippen LogP contribution in [0.1, 0.15) is 18.5 Å². The topological polar surface area (TPSA) is 60.9 Å². The molecular weight excluding hydrogens is 214 g/mol. The minimum atomic E-state index is -0.395. The number of imidazole rings is 1. The lowest BCUT2D eigenvalue weighted by Gasteiger charge is -2.13. The first-order valence-corrected chi connectivity index (χ1v) is 5.49. The summed E-state index contributed by atoms with van der Waals surface area (Å²) in [5, 5.41) is 0. The zero-order valence-electron chi connectivity index (χ0n) is 9.92. The van der Waals surface area contributed by atoms with E-state index in [2.05, 4.69) is 4.98 Å². The Morgan fingerprint density at radius 3 is 2.88 bits per heavy atom. The number of primary amides is 1. The Morgan fingerprint density at radius 2 is 2.24 bits per heavy atom. The van der Waals surface area contributed by atoms with Gasteiger partial charge in [-0.1, -0.05) is 23.8 Å². The highest BCUT2D eigenvalue weighted by Gasteiger charge is 2.15. The second-order valence-corrected chi connectivity index (χ2v) is 4.11. The Bertz CT molecular complexity index is 545. The molecule has 17 heavy (non-hydrogen) atoms. The van der Waals surface area contributed by atoms with E-state index in [4.69, 9.17) is 5.73 Å². The summed E-state index contributed by atoms with van der Waals surface area (Å²) in [7, 11) is 0. The number of nitrogens with zero attached hydrogens (tertiary/aromatic N) is 2.